The summed E-state index contributed by atoms with van der Waals surface area (Å²) >= 11 is 0. The Bertz CT molecular complexity index is 966. The van der Waals surface area contributed by atoms with Gasteiger partial charge in [0, 0.05) is 5.56 Å². The van der Waals surface area contributed by atoms with Crippen molar-refractivity contribution in [2.45, 2.75) is 13.5 Å². The third-order valence-electron chi connectivity index (χ3n) is 3.59. The van der Waals surface area contributed by atoms with Crippen LogP contribution in [-0.4, -0.2) is 16.7 Å². The fourth-order valence-corrected chi connectivity index (χ4v) is 2.52. The summed E-state index contributed by atoms with van der Waals surface area (Å²) in [5.41, 5.74) is 0.223. The predicted octanol–water partition coefficient (Wildman–Crippen LogP) is 4.82. The zero-order chi connectivity index (χ0) is 18.0. The summed E-state index contributed by atoms with van der Waals surface area (Å²) in [6.45, 7) is -1.54. The van der Waals surface area contributed by atoms with Crippen LogP contribution in [0.15, 0.2) is 40.9 Å². The molecule has 1 heterocycles. The van der Waals surface area contributed by atoms with Crippen LogP contribution >= 0.6 is 0 Å². The van der Waals surface area contributed by atoms with Gasteiger partial charge < -0.3 is 9.26 Å². The van der Waals surface area contributed by atoms with Crippen LogP contribution in [0, 0.1) is 17.0 Å². The van der Waals surface area contributed by atoms with E-state index in [1.54, 1.807) is 18.2 Å². The molecule has 0 bridgehead atoms. The van der Waals surface area contributed by atoms with Gasteiger partial charge in [0.15, 0.2) is 5.69 Å². The van der Waals surface area contributed by atoms with Crippen molar-refractivity contribution in [3.05, 3.63) is 63.5 Å². The molecule has 0 aliphatic carbocycles. The van der Waals surface area contributed by atoms with Gasteiger partial charge in [0.05, 0.1) is 4.92 Å². The largest absolute Gasteiger partial charge is 0.434 e. The molecule has 0 atom stereocenters. The van der Waals surface area contributed by atoms with Gasteiger partial charge in [-0.05, 0) is 35.9 Å². The fourth-order valence-electron chi connectivity index (χ4n) is 2.52. The van der Waals surface area contributed by atoms with E-state index < -0.39 is 11.5 Å². The maximum atomic E-state index is 12.7. The van der Waals surface area contributed by atoms with Gasteiger partial charge in [0.2, 0.25) is 5.76 Å². The van der Waals surface area contributed by atoms with Gasteiger partial charge in [-0.15, -0.1) is 0 Å². The lowest BCUT2D eigenvalue weighted by atomic mass is 10.0. The lowest BCUT2D eigenvalue weighted by molar-refractivity contribution is -0.386. The van der Waals surface area contributed by atoms with Gasteiger partial charge in [0.1, 0.15) is 5.75 Å². The van der Waals surface area contributed by atoms with Gasteiger partial charge in [0.25, 0.3) is 0 Å². The molecular weight excluding hydrogens is 334 g/mol. The lowest BCUT2D eigenvalue weighted by Crippen LogP contribution is -2.03. The van der Waals surface area contributed by atoms with Crippen molar-refractivity contribution in [1.29, 1.82) is 0 Å². The van der Waals surface area contributed by atoms with Crippen LogP contribution in [0.3, 0.4) is 0 Å². The number of nitrogens with zero attached hydrogens (tertiary/aromatic N) is 2. The SMILES string of the molecule is Cc1noc(/C=C/c2c(OC(F)F)ccc3ccccc23)c1[N+](=O)[O-]. The molecule has 0 spiro atoms. The van der Waals surface area contributed by atoms with E-state index in [0.29, 0.717) is 10.9 Å². The molecule has 6 nitrogen and oxygen atoms in total. The minimum Gasteiger partial charge on any atom is -0.434 e. The summed E-state index contributed by atoms with van der Waals surface area (Å²) in [5, 5.41) is 16.1. The number of nitro groups is 1. The van der Waals surface area contributed by atoms with E-state index in [2.05, 4.69) is 9.89 Å². The average molecular weight is 346 g/mol. The molecule has 0 saturated carbocycles. The van der Waals surface area contributed by atoms with Gasteiger partial charge >= 0.3 is 12.3 Å². The van der Waals surface area contributed by atoms with Crippen molar-refractivity contribution in [2.24, 2.45) is 0 Å². The number of ether oxygens (including phenoxy) is 1. The molecule has 0 aliphatic rings. The Morgan fingerprint density at radius 1 is 1.24 bits per heavy atom. The minimum atomic E-state index is -2.99. The summed E-state index contributed by atoms with van der Waals surface area (Å²) in [7, 11) is 0. The van der Waals surface area contributed by atoms with E-state index >= 15 is 0 Å². The number of hydrogen-bond acceptors (Lipinski definition) is 5. The Hall–Kier alpha value is -3.29. The number of hydrogen-bond donors (Lipinski definition) is 0. The lowest BCUT2D eigenvalue weighted by Gasteiger charge is -2.10. The Balaban J connectivity index is 2.12. The zero-order valence-electron chi connectivity index (χ0n) is 13.0. The number of fused-ring (bicyclic) bond motifs is 1. The Kier molecular flexibility index (Phi) is 4.42. The number of alkyl halides is 2. The summed E-state index contributed by atoms with van der Waals surface area (Å²) in [4.78, 5) is 10.5. The second-order valence-corrected chi connectivity index (χ2v) is 5.15. The van der Waals surface area contributed by atoms with Crippen molar-refractivity contribution >= 4 is 28.6 Å². The maximum absolute atomic E-state index is 12.7. The second-order valence-electron chi connectivity index (χ2n) is 5.15. The van der Waals surface area contributed by atoms with E-state index in [1.807, 2.05) is 12.1 Å². The van der Waals surface area contributed by atoms with Crippen LogP contribution < -0.4 is 4.74 Å². The normalized spacial score (nSPS) is 11.5. The highest BCUT2D eigenvalue weighted by atomic mass is 19.3. The average Bonchev–Trinajstić information content (AvgIpc) is 2.94. The van der Waals surface area contributed by atoms with Crippen LogP contribution in [0.25, 0.3) is 22.9 Å². The number of aryl methyl sites for hydroxylation is 1. The van der Waals surface area contributed by atoms with Gasteiger partial charge in [-0.25, -0.2) is 0 Å². The Morgan fingerprint density at radius 3 is 2.72 bits per heavy atom. The number of halogens is 2. The van der Waals surface area contributed by atoms with E-state index in [1.165, 1.54) is 25.1 Å². The molecule has 0 radical (unpaired) electrons. The van der Waals surface area contributed by atoms with Crippen LogP contribution in [0.5, 0.6) is 5.75 Å². The highest BCUT2D eigenvalue weighted by molar-refractivity contribution is 5.95. The molecule has 8 heteroatoms. The third kappa shape index (κ3) is 3.32. The standard InChI is InChI=1S/C17H12F2N2O4/c1-10-16(21(22)23)15(25-20-10)9-7-13-12-5-3-2-4-11(12)6-8-14(13)24-17(18)19/h2-9,17H,1H3/b9-7+. The molecule has 128 valence electrons. The van der Waals surface area contributed by atoms with Crippen LogP contribution in [0.1, 0.15) is 17.0 Å². The Morgan fingerprint density at radius 2 is 2.00 bits per heavy atom. The second kappa shape index (κ2) is 6.68. The highest BCUT2D eigenvalue weighted by Crippen LogP contribution is 2.32. The van der Waals surface area contributed by atoms with E-state index in [9.17, 15) is 18.9 Å². The van der Waals surface area contributed by atoms with Crippen LogP contribution in [0.2, 0.25) is 0 Å². The first-order valence-corrected chi connectivity index (χ1v) is 7.22. The van der Waals surface area contributed by atoms with Crippen LogP contribution in [-0.2, 0) is 0 Å². The van der Waals surface area contributed by atoms with Crippen LogP contribution in [0.4, 0.5) is 14.5 Å². The molecule has 2 aromatic carbocycles. The molecule has 0 N–H and O–H groups in total. The third-order valence-corrected chi connectivity index (χ3v) is 3.59. The van der Waals surface area contributed by atoms with Gasteiger partial charge in [-0.1, -0.05) is 35.5 Å². The summed E-state index contributed by atoms with van der Waals surface area (Å²) in [6, 6.07) is 10.2. The zero-order valence-corrected chi connectivity index (χ0v) is 13.0. The van der Waals surface area contributed by atoms with Crippen molar-refractivity contribution in [1.82, 2.24) is 5.16 Å². The summed E-state index contributed by atoms with van der Waals surface area (Å²) in [5.74, 6) is -0.109. The quantitative estimate of drug-likeness (QED) is 0.489. The van der Waals surface area contributed by atoms with Gasteiger partial charge in [-0.2, -0.15) is 8.78 Å². The molecule has 0 saturated heterocycles. The number of rotatable bonds is 5. The molecule has 0 unspecified atom stereocenters. The van der Waals surface area contributed by atoms with Gasteiger partial charge in [-0.3, -0.25) is 10.1 Å². The van der Waals surface area contributed by atoms with Crippen molar-refractivity contribution < 1.29 is 23.0 Å². The predicted molar refractivity (Wildman–Crippen MR) is 87.4 cm³/mol. The first-order valence-electron chi connectivity index (χ1n) is 7.22. The minimum absolute atomic E-state index is 0.0381. The van der Waals surface area contributed by atoms with E-state index in [-0.39, 0.29) is 22.9 Å². The fraction of sp³-hybridized carbons (Fsp3) is 0.118. The topological polar surface area (TPSA) is 78.4 Å². The Labute approximate surface area is 140 Å². The van der Waals surface area contributed by atoms with E-state index in [0.717, 1.165) is 5.39 Å². The first kappa shape index (κ1) is 16.6. The highest BCUT2D eigenvalue weighted by Gasteiger charge is 2.22. The molecule has 3 aromatic rings. The molecule has 1 aromatic heterocycles. The summed E-state index contributed by atoms with van der Waals surface area (Å²) < 4.78 is 34.9. The number of aromatic nitrogens is 1. The molecule has 3 rings (SSSR count). The molecule has 0 fully saturated rings. The molecular formula is C17H12F2N2O4. The summed E-state index contributed by atoms with van der Waals surface area (Å²) in [6.07, 6.45) is 2.76. The molecule has 0 amide bonds. The van der Waals surface area contributed by atoms with E-state index in [4.69, 9.17) is 4.52 Å². The van der Waals surface area contributed by atoms with Crippen molar-refractivity contribution in [2.75, 3.05) is 0 Å². The molecule has 0 aliphatic heterocycles. The first-order chi connectivity index (χ1) is 12.0. The monoisotopic (exact) mass is 346 g/mol. The number of benzene rings is 2. The van der Waals surface area contributed by atoms with Crippen molar-refractivity contribution in [3.8, 4) is 5.75 Å². The smallest absolute Gasteiger partial charge is 0.387 e. The van der Waals surface area contributed by atoms with Crippen molar-refractivity contribution in [3.63, 3.8) is 0 Å². The maximum Gasteiger partial charge on any atom is 0.387 e. The molecule has 25 heavy (non-hydrogen) atoms.